The summed E-state index contributed by atoms with van der Waals surface area (Å²) in [5.41, 5.74) is 5.58. The second-order valence-corrected chi connectivity index (χ2v) is 7.19. The van der Waals surface area contributed by atoms with E-state index in [1.807, 2.05) is 48.5 Å². The first kappa shape index (κ1) is 17.5. The lowest BCUT2D eigenvalue weighted by atomic mass is 9.85. The van der Waals surface area contributed by atoms with E-state index in [0.29, 0.717) is 5.02 Å². The number of nitrogens with zero attached hydrogens (tertiary/aromatic N) is 1. The number of carbonyl (C=O) groups is 1. The van der Waals surface area contributed by atoms with Crippen LogP contribution in [0, 0.1) is 5.92 Å². The van der Waals surface area contributed by atoms with E-state index in [4.69, 9.17) is 11.6 Å². The highest BCUT2D eigenvalue weighted by molar-refractivity contribution is 6.30. The third-order valence-electron chi connectivity index (χ3n) is 5.09. The molecule has 0 bridgehead atoms. The van der Waals surface area contributed by atoms with Gasteiger partial charge in [0.15, 0.2) is 0 Å². The van der Waals surface area contributed by atoms with E-state index in [9.17, 15) is 4.79 Å². The summed E-state index contributed by atoms with van der Waals surface area (Å²) in [7, 11) is 0. The van der Waals surface area contributed by atoms with E-state index in [1.165, 1.54) is 0 Å². The van der Waals surface area contributed by atoms with Crippen LogP contribution >= 0.6 is 11.6 Å². The van der Waals surface area contributed by atoms with Crippen molar-refractivity contribution in [2.45, 2.75) is 11.8 Å². The summed E-state index contributed by atoms with van der Waals surface area (Å²) < 4.78 is 0. The first-order valence-corrected chi connectivity index (χ1v) is 9.27. The molecule has 1 amide bonds. The summed E-state index contributed by atoms with van der Waals surface area (Å²) in [6.07, 6.45) is 2.39. The van der Waals surface area contributed by atoms with Gasteiger partial charge in [-0.05, 0) is 35.2 Å². The first-order valence-electron chi connectivity index (χ1n) is 8.90. The summed E-state index contributed by atoms with van der Waals surface area (Å²) in [5, 5.41) is 4.75. The fraction of sp³-hybridized carbons (Fsp3) is 0.130. The molecule has 0 spiro atoms. The van der Waals surface area contributed by atoms with Crippen molar-refractivity contribution >= 4 is 23.7 Å². The number of hydrogen-bond acceptors (Lipinski definition) is 2. The molecule has 4 rings (SSSR count). The number of hydrogen-bond donors (Lipinski definition) is 1. The zero-order chi connectivity index (χ0) is 18.7. The SMILES string of the molecule is O=C(N/N=C\c1cccc(Cl)c1)[C@H]1CC1(c1ccccc1)c1ccccc1. The van der Waals surface area contributed by atoms with Crippen molar-refractivity contribution in [3.8, 4) is 0 Å². The van der Waals surface area contributed by atoms with E-state index in [2.05, 4.69) is 34.8 Å². The lowest BCUT2D eigenvalue weighted by Crippen LogP contribution is -2.25. The fourth-order valence-electron chi connectivity index (χ4n) is 3.69. The summed E-state index contributed by atoms with van der Waals surface area (Å²) in [4.78, 5) is 12.8. The van der Waals surface area contributed by atoms with E-state index in [-0.39, 0.29) is 17.2 Å². The van der Waals surface area contributed by atoms with E-state index < -0.39 is 0 Å². The number of nitrogens with one attached hydrogen (secondary N) is 1. The molecular weight excluding hydrogens is 356 g/mol. The molecule has 0 aliphatic heterocycles. The smallest absolute Gasteiger partial charge is 0.244 e. The van der Waals surface area contributed by atoms with Crippen molar-refractivity contribution < 1.29 is 4.79 Å². The molecule has 3 aromatic carbocycles. The highest BCUT2D eigenvalue weighted by Gasteiger charge is 2.60. The van der Waals surface area contributed by atoms with Gasteiger partial charge in [-0.15, -0.1) is 0 Å². The van der Waals surface area contributed by atoms with Crippen LogP contribution in [0.15, 0.2) is 90.0 Å². The standard InChI is InChI=1S/C23H19ClN2O/c24-20-13-7-8-17(14-20)16-25-26-22(27)21-15-23(21,18-9-3-1-4-10-18)19-11-5-2-6-12-19/h1-14,16,21H,15H2,(H,26,27)/b25-16-/t21-/m1/s1. The summed E-state index contributed by atoms with van der Waals surface area (Å²) in [6.45, 7) is 0. The zero-order valence-electron chi connectivity index (χ0n) is 14.7. The van der Waals surface area contributed by atoms with Crippen LogP contribution in [0.25, 0.3) is 0 Å². The lowest BCUT2D eigenvalue weighted by molar-refractivity contribution is -0.122. The molecule has 1 aliphatic rings. The van der Waals surface area contributed by atoms with Gasteiger partial charge in [0.05, 0.1) is 12.1 Å². The maximum absolute atomic E-state index is 12.8. The topological polar surface area (TPSA) is 41.5 Å². The number of hydrazone groups is 1. The molecule has 0 aromatic heterocycles. The number of benzene rings is 3. The third-order valence-corrected chi connectivity index (χ3v) is 5.33. The van der Waals surface area contributed by atoms with Crippen LogP contribution in [-0.2, 0) is 10.2 Å². The van der Waals surface area contributed by atoms with Crippen LogP contribution in [0.1, 0.15) is 23.1 Å². The lowest BCUT2D eigenvalue weighted by Gasteiger charge is -2.18. The average molecular weight is 375 g/mol. The zero-order valence-corrected chi connectivity index (χ0v) is 15.4. The third kappa shape index (κ3) is 3.51. The van der Waals surface area contributed by atoms with Crippen LogP contribution < -0.4 is 5.43 Å². The van der Waals surface area contributed by atoms with Crippen molar-refractivity contribution in [3.63, 3.8) is 0 Å². The summed E-state index contributed by atoms with van der Waals surface area (Å²) >= 11 is 5.97. The van der Waals surface area contributed by atoms with Crippen molar-refractivity contribution in [3.05, 3.63) is 107 Å². The van der Waals surface area contributed by atoms with Crippen LogP contribution in [0.3, 0.4) is 0 Å². The molecule has 0 heterocycles. The minimum Gasteiger partial charge on any atom is -0.273 e. The highest BCUT2D eigenvalue weighted by Crippen LogP contribution is 2.58. The molecule has 0 radical (unpaired) electrons. The minimum atomic E-state index is -0.280. The molecule has 3 nitrogen and oxygen atoms in total. The largest absolute Gasteiger partial charge is 0.273 e. The van der Waals surface area contributed by atoms with Gasteiger partial charge in [0.25, 0.3) is 0 Å². The Balaban J connectivity index is 1.54. The summed E-state index contributed by atoms with van der Waals surface area (Å²) in [6, 6.07) is 27.8. The van der Waals surface area contributed by atoms with Crippen LogP contribution in [0.2, 0.25) is 5.02 Å². The Kier molecular flexibility index (Phi) is 4.78. The Morgan fingerprint density at radius 3 is 2.19 bits per heavy atom. The molecule has 27 heavy (non-hydrogen) atoms. The van der Waals surface area contributed by atoms with Crippen molar-refractivity contribution in [1.82, 2.24) is 5.43 Å². The predicted octanol–water partition coefficient (Wildman–Crippen LogP) is 4.80. The fourth-order valence-corrected chi connectivity index (χ4v) is 3.89. The average Bonchev–Trinajstić information content (AvgIpc) is 3.47. The monoisotopic (exact) mass is 374 g/mol. The Hall–Kier alpha value is -2.91. The Morgan fingerprint density at radius 1 is 0.963 bits per heavy atom. The quantitative estimate of drug-likeness (QED) is 0.506. The van der Waals surface area contributed by atoms with Gasteiger partial charge in [-0.25, -0.2) is 5.43 Å². The van der Waals surface area contributed by atoms with Gasteiger partial charge in [0, 0.05) is 10.4 Å². The van der Waals surface area contributed by atoms with Crippen molar-refractivity contribution in [1.29, 1.82) is 0 Å². The summed E-state index contributed by atoms with van der Waals surface area (Å²) in [5.74, 6) is -0.209. The molecule has 0 saturated heterocycles. The highest BCUT2D eigenvalue weighted by atomic mass is 35.5. The number of amides is 1. The molecule has 1 aliphatic carbocycles. The van der Waals surface area contributed by atoms with Gasteiger partial charge in [0.2, 0.25) is 5.91 Å². The molecule has 134 valence electrons. The van der Waals surface area contributed by atoms with Gasteiger partial charge >= 0.3 is 0 Å². The molecular formula is C23H19ClN2O. The van der Waals surface area contributed by atoms with E-state index in [1.54, 1.807) is 18.3 Å². The van der Waals surface area contributed by atoms with Gasteiger partial charge < -0.3 is 0 Å². The van der Waals surface area contributed by atoms with Gasteiger partial charge in [-0.1, -0.05) is 84.4 Å². The normalized spacial score (nSPS) is 17.6. The predicted molar refractivity (Wildman–Crippen MR) is 109 cm³/mol. The maximum Gasteiger partial charge on any atom is 0.244 e. The Bertz CT molecular complexity index is 930. The van der Waals surface area contributed by atoms with Crippen LogP contribution in [0.4, 0.5) is 0 Å². The Morgan fingerprint density at radius 2 is 1.59 bits per heavy atom. The van der Waals surface area contributed by atoms with Crippen LogP contribution in [0.5, 0.6) is 0 Å². The Labute approximate surface area is 163 Å². The minimum absolute atomic E-state index is 0.0685. The molecule has 1 fully saturated rings. The van der Waals surface area contributed by atoms with Gasteiger partial charge in [-0.2, -0.15) is 5.10 Å². The second-order valence-electron chi connectivity index (χ2n) is 6.75. The van der Waals surface area contributed by atoms with Crippen molar-refractivity contribution in [2.75, 3.05) is 0 Å². The second kappa shape index (κ2) is 7.37. The van der Waals surface area contributed by atoms with Gasteiger partial charge in [-0.3, -0.25) is 4.79 Å². The van der Waals surface area contributed by atoms with Crippen LogP contribution in [-0.4, -0.2) is 12.1 Å². The van der Waals surface area contributed by atoms with E-state index in [0.717, 1.165) is 23.1 Å². The first-order chi connectivity index (χ1) is 13.2. The van der Waals surface area contributed by atoms with E-state index >= 15 is 0 Å². The number of rotatable bonds is 5. The molecule has 3 aromatic rings. The number of halogens is 1. The van der Waals surface area contributed by atoms with Gasteiger partial charge in [0.1, 0.15) is 0 Å². The molecule has 1 N–H and O–H groups in total. The van der Waals surface area contributed by atoms with Crippen molar-refractivity contribution in [2.24, 2.45) is 11.0 Å². The number of carbonyl (C=O) groups excluding carboxylic acids is 1. The molecule has 1 atom stereocenters. The molecule has 1 saturated carbocycles. The maximum atomic E-state index is 12.8. The molecule has 4 heteroatoms. The molecule has 0 unspecified atom stereocenters.